The van der Waals surface area contributed by atoms with Gasteiger partial charge in [-0.25, -0.2) is 0 Å². The summed E-state index contributed by atoms with van der Waals surface area (Å²) in [4.78, 5) is 17.2. The second-order valence-corrected chi connectivity index (χ2v) is 8.05. The van der Waals surface area contributed by atoms with Crippen LogP contribution in [0.25, 0.3) is 0 Å². The van der Waals surface area contributed by atoms with E-state index in [9.17, 15) is 4.79 Å². The van der Waals surface area contributed by atoms with Gasteiger partial charge in [0.05, 0.1) is 24.7 Å². The van der Waals surface area contributed by atoms with Crippen LogP contribution in [0.3, 0.4) is 0 Å². The first-order valence-corrected chi connectivity index (χ1v) is 10.9. The number of anilines is 1. The number of hydrogen-bond donors (Lipinski definition) is 1. The van der Waals surface area contributed by atoms with Gasteiger partial charge in [-0.05, 0) is 29.8 Å². The van der Waals surface area contributed by atoms with Crippen molar-refractivity contribution < 1.29 is 14.3 Å². The Morgan fingerprint density at radius 1 is 1.03 bits per heavy atom. The summed E-state index contributed by atoms with van der Waals surface area (Å²) in [5, 5.41) is 3.52. The Morgan fingerprint density at radius 3 is 2.60 bits per heavy atom. The second kappa shape index (κ2) is 10.0. The van der Waals surface area contributed by atoms with E-state index >= 15 is 0 Å². The molecule has 1 N–H and O–H groups in total. The van der Waals surface area contributed by atoms with Crippen molar-refractivity contribution in [2.45, 2.75) is 12.8 Å². The van der Waals surface area contributed by atoms with Crippen LogP contribution in [0.4, 0.5) is 5.69 Å². The number of carbonyl (C=O) groups is 1. The Morgan fingerprint density at radius 2 is 1.80 bits per heavy atom. The molecule has 2 aromatic carbocycles. The quantitative estimate of drug-likeness (QED) is 0.765. The molecule has 6 nitrogen and oxygen atoms in total. The van der Waals surface area contributed by atoms with Crippen LogP contribution in [0, 0.1) is 0 Å². The third-order valence-corrected chi connectivity index (χ3v) is 5.75. The van der Waals surface area contributed by atoms with Gasteiger partial charge < -0.3 is 19.7 Å². The van der Waals surface area contributed by atoms with E-state index in [2.05, 4.69) is 39.4 Å². The molecule has 0 aliphatic carbocycles. The lowest BCUT2D eigenvalue weighted by Crippen LogP contribution is -2.48. The SMILES string of the molecule is O=C(Cc1cc(Cl)c2c(c1)OCCCO2)NCCN1CCN(c2ccccc2)CC1. The fourth-order valence-electron chi connectivity index (χ4n) is 3.86. The molecule has 0 atom stereocenters. The van der Waals surface area contributed by atoms with E-state index in [4.69, 9.17) is 21.1 Å². The van der Waals surface area contributed by atoms with Gasteiger partial charge in [0.2, 0.25) is 5.91 Å². The van der Waals surface area contributed by atoms with Crippen LogP contribution < -0.4 is 19.7 Å². The lowest BCUT2D eigenvalue weighted by atomic mass is 10.1. The maximum absolute atomic E-state index is 12.4. The van der Waals surface area contributed by atoms with E-state index in [1.165, 1.54) is 5.69 Å². The maximum atomic E-state index is 12.4. The molecular weight excluding hydrogens is 402 g/mol. The van der Waals surface area contributed by atoms with Gasteiger partial charge in [0, 0.05) is 51.4 Å². The van der Waals surface area contributed by atoms with Gasteiger partial charge in [-0.15, -0.1) is 0 Å². The van der Waals surface area contributed by atoms with Crippen LogP contribution in [0.2, 0.25) is 5.02 Å². The Kier molecular flexibility index (Phi) is 6.97. The lowest BCUT2D eigenvalue weighted by molar-refractivity contribution is -0.120. The summed E-state index contributed by atoms with van der Waals surface area (Å²) in [5.41, 5.74) is 2.11. The van der Waals surface area contributed by atoms with Crippen molar-refractivity contribution in [1.29, 1.82) is 0 Å². The van der Waals surface area contributed by atoms with E-state index in [0.29, 0.717) is 36.3 Å². The zero-order valence-corrected chi connectivity index (χ0v) is 17.9. The molecule has 0 bridgehead atoms. The first-order valence-electron chi connectivity index (χ1n) is 10.6. The molecule has 4 rings (SSSR count). The van der Waals surface area contributed by atoms with Gasteiger partial charge in [-0.3, -0.25) is 9.69 Å². The molecule has 7 heteroatoms. The topological polar surface area (TPSA) is 54.0 Å². The highest BCUT2D eigenvalue weighted by molar-refractivity contribution is 6.32. The second-order valence-electron chi connectivity index (χ2n) is 7.65. The molecule has 0 radical (unpaired) electrons. The first-order chi connectivity index (χ1) is 14.7. The number of carbonyl (C=O) groups excluding carboxylic acids is 1. The van der Waals surface area contributed by atoms with Crippen LogP contribution in [0.15, 0.2) is 42.5 Å². The minimum atomic E-state index is -0.0107. The number of nitrogens with one attached hydrogen (secondary N) is 1. The van der Waals surface area contributed by atoms with Gasteiger partial charge >= 0.3 is 0 Å². The monoisotopic (exact) mass is 429 g/mol. The summed E-state index contributed by atoms with van der Waals surface area (Å²) in [6.45, 7) is 6.70. The zero-order chi connectivity index (χ0) is 20.8. The Bertz CT molecular complexity index is 854. The zero-order valence-electron chi connectivity index (χ0n) is 17.1. The molecule has 1 saturated heterocycles. The molecule has 30 heavy (non-hydrogen) atoms. The van der Waals surface area contributed by atoms with E-state index in [1.807, 2.05) is 12.1 Å². The summed E-state index contributed by atoms with van der Waals surface area (Å²) < 4.78 is 11.3. The fraction of sp³-hybridized carbons (Fsp3) is 0.435. The molecule has 0 unspecified atom stereocenters. The number of rotatable bonds is 6. The number of piperazine rings is 1. The predicted molar refractivity (Wildman–Crippen MR) is 119 cm³/mol. The van der Waals surface area contributed by atoms with Gasteiger partial charge in [0.1, 0.15) is 0 Å². The molecule has 2 aromatic rings. The van der Waals surface area contributed by atoms with Crippen molar-refractivity contribution >= 4 is 23.2 Å². The molecule has 0 spiro atoms. The normalized spacial score (nSPS) is 16.8. The average molecular weight is 430 g/mol. The number of ether oxygens (including phenoxy) is 2. The van der Waals surface area contributed by atoms with Crippen LogP contribution >= 0.6 is 11.6 Å². The Balaban J connectivity index is 1.20. The van der Waals surface area contributed by atoms with E-state index in [-0.39, 0.29) is 12.3 Å². The van der Waals surface area contributed by atoms with Crippen molar-refractivity contribution in [2.24, 2.45) is 0 Å². The minimum Gasteiger partial charge on any atom is -0.489 e. The number of para-hydroxylation sites is 1. The molecule has 1 fully saturated rings. The Labute approximate surface area is 182 Å². The average Bonchev–Trinajstić information content (AvgIpc) is 3.01. The number of amides is 1. The molecular formula is C23H28ClN3O3. The molecule has 160 valence electrons. The van der Waals surface area contributed by atoms with Crippen LogP contribution in [0.1, 0.15) is 12.0 Å². The fourth-order valence-corrected chi connectivity index (χ4v) is 4.14. The predicted octanol–water partition coefficient (Wildman–Crippen LogP) is 2.98. The van der Waals surface area contributed by atoms with Crippen LogP contribution in [-0.4, -0.2) is 63.3 Å². The van der Waals surface area contributed by atoms with Crippen molar-refractivity contribution in [2.75, 3.05) is 57.4 Å². The minimum absolute atomic E-state index is 0.0107. The van der Waals surface area contributed by atoms with Crippen molar-refractivity contribution in [3.8, 4) is 11.5 Å². The molecule has 1 amide bonds. The largest absolute Gasteiger partial charge is 0.489 e. The number of nitrogens with zero attached hydrogens (tertiary/aromatic N) is 2. The van der Waals surface area contributed by atoms with Crippen molar-refractivity contribution in [1.82, 2.24) is 10.2 Å². The molecule has 2 aliphatic heterocycles. The molecule has 0 aromatic heterocycles. The first kappa shape index (κ1) is 20.8. The summed E-state index contributed by atoms with van der Waals surface area (Å²) in [5.74, 6) is 1.19. The summed E-state index contributed by atoms with van der Waals surface area (Å²) in [7, 11) is 0. The van der Waals surface area contributed by atoms with Gasteiger partial charge in [0.15, 0.2) is 11.5 Å². The van der Waals surface area contributed by atoms with Crippen molar-refractivity contribution in [3.05, 3.63) is 53.1 Å². The van der Waals surface area contributed by atoms with E-state index in [0.717, 1.165) is 44.7 Å². The Hall–Kier alpha value is -2.44. The van der Waals surface area contributed by atoms with E-state index in [1.54, 1.807) is 6.07 Å². The number of hydrogen-bond acceptors (Lipinski definition) is 5. The third kappa shape index (κ3) is 5.37. The summed E-state index contributed by atoms with van der Waals surface area (Å²) in [6, 6.07) is 14.2. The van der Waals surface area contributed by atoms with Crippen LogP contribution in [-0.2, 0) is 11.2 Å². The highest BCUT2D eigenvalue weighted by atomic mass is 35.5. The highest BCUT2D eigenvalue weighted by Gasteiger charge is 2.18. The van der Waals surface area contributed by atoms with Crippen molar-refractivity contribution in [3.63, 3.8) is 0 Å². The van der Waals surface area contributed by atoms with Gasteiger partial charge in [-0.2, -0.15) is 0 Å². The third-order valence-electron chi connectivity index (χ3n) is 5.47. The van der Waals surface area contributed by atoms with Gasteiger partial charge in [-0.1, -0.05) is 29.8 Å². The van der Waals surface area contributed by atoms with E-state index < -0.39 is 0 Å². The highest BCUT2D eigenvalue weighted by Crippen LogP contribution is 2.38. The lowest BCUT2D eigenvalue weighted by Gasteiger charge is -2.36. The number of halogens is 1. The number of benzene rings is 2. The van der Waals surface area contributed by atoms with Gasteiger partial charge in [0.25, 0.3) is 0 Å². The molecule has 2 aliphatic rings. The summed E-state index contributed by atoms with van der Waals surface area (Å²) >= 11 is 6.32. The molecule has 2 heterocycles. The van der Waals surface area contributed by atoms with Crippen LogP contribution in [0.5, 0.6) is 11.5 Å². The standard InChI is InChI=1S/C23H28ClN3O3/c24-20-15-18(16-21-23(20)30-14-4-13-29-21)17-22(28)25-7-8-26-9-11-27(12-10-26)19-5-2-1-3-6-19/h1-3,5-6,15-16H,4,7-14,17H2,(H,25,28). The summed E-state index contributed by atoms with van der Waals surface area (Å²) in [6.07, 6.45) is 1.10. The molecule has 0 saturated carbocycles. The number of fused-ring (bicyclic) bond motifs is 1. The maximum Gasteiger partial charge on any atom is 0.224 e. The smallest absolute Gasteiger partial charge is 0.224 e.